The quantitative estimate of drug-likeness (QED) is 0.433. The highest BCUT2D eigenvalue weighted by atomic mass is 16.5. The third kappa shape index (κ3) is 5.70. The van der Waals surface area contributed by atoms with Gasteiger partial charge in [-0.15, -0.1) is 0 Å². The number of aromatic hydroxyl groups is 1. The fourth-order valence-corrected chi connectivity index (χ4v) is 2.29. The third-order valence-electron chi connectivity index (χ3n) is 3.81. The van der Waals surface area contributed by atoms with Gasteiger partial charge >= 0.3 is 5.97 Å². The Hall–Kier alpha value is -3.61. The van der Waals surface area contributed by atoms with Crippen molar-refractivity contribution in [2.24, 2.45) is 0 Å². The highest BCUT2D eigenvalue weighted by Gasteiger charge is 2.17. The molecule has 28 heavy (non-hydrogen) atoms. The topological polar surface area (TPSA) is 102 Å². The molecule has 0 aliphatic carbocycles. The van der Waals surface area contributed by atoms with Crippen molar-refractivity contribution in [3.8, 4) is 11.5 Å². The molecule has 7 nitrogen and oxygen atoms in total. The molecule has 0 saturated carbocycles. The van der Waals surface area contributed by atoms with Crippen molar-refractivity contribution >= 4 is 29.4 Å². The SMILES string of the molecule is COc1cc(/C=C/C(=O)O[C@H](C)C(=O)Nc2cccc(C(C)=O)c2)ccc1O. The molecule has 0 aliphatic rings. The Morgan fingerprint density at radius 2 is 1.89 bits per heavy atom. The first-order valence-corrected chi connectivity index (χ1v) is 8.47. The number of amides is 1. The Morgan fingerprint density at radius 3 is 2.57 bits per heavy atom. The fourth-order valence-electron chi connectivity index (χ4n) is 2.29. The van der Waals surface area contributed by atoms with Crippen molar-refractivity contribution in [2.45, 2.75) is 20.0 Å². The predicted molar refractivity (Wildman–Crippen MR) is 104 cm³/mol. The van der Waals surface area contributed by atoms with Gasteiger partial charge in [-0.2, -0.15) is 0 Å². The van der Waals surface area contributed by atoms with Gasteiger partial charge in [-0.1, -0.05) is 18.2 Å². The molecule has 7 heteroatoms. The van der Waals surface area contributed by atoms with Gasteiger partial charge in [0.15, 0.2) is 23.4 Å². The van der Waals surface area contributed by atoms with Crippen molar-refractivity contribution < 1.29 is 29.0 Å². The molecule has 0 spiro atoms. The van der Waals surface area contributed by atoms with E-state index in [1.807, 2.05) is 0 Å². The zero-order chi connectivity index (χ0) is 20.7. The van der Waals surface area contributed by atoms with E-state index in [2.05, 4.69) is 5.32 Å². The molecule has 0 radical (unpaired) electrons. The van der Waals surface area contributed by atoms with Crippen LogP contribution in [0.2, 0.25) is 0 Å². The number of anilines is 1. The molecule has 0 aliphatic heterocycles. The van der Waals surface area contributed by atoms with Crippen LogP contribution in [-0.2, 0) is 14.3 Å². The number of carbonyl (C=O) groups is 3. The van der Waals surface area contributed by atoms with E-state index < -0.39 is 18.0 Å². The summed E-state index contributed by atoms with van der Waals surface area (Å²) in [4.78, 5) is 35.5. The van der Waals surface area contributed by atoms with Crippen molar-refractivity contribution in [3.63, 3.8) is 0 Å². The number of ether oxygens (including phenoxy) is 2. The van der Waals surface area contributed by atoms with E-state index in [0.29, 0.717) is 16.8 Å². The maximum atomic E-state index is 12.2. The first kappa shape index (κ1) is 20.7. The molecule has 0 heterocycles. The second kappa shape index (κ2) is 9.36. The minimum atomic E-state index is -1.03. The Labute approximate surface area is 162 Å². The minimum Gasteiger partial charge on any atom is -0.504 e. The molecule has 146 valence electrons. The van der Waals surface area contributed by atoms with Crippen molar-refractivity contribution in [1.29, 1.82) is 0 Å². The zero-order valence-electron chi connectivity index (χ0n) is 15.8. The van der Waals surface area contributed by atoms with E-state index in [0.717, 1.165) is 0 Å². The van der Waals surface area contributed by atoms with E-state index >= 15 is 0 Å². The van der Waals surface area contributed by atoms with E-state index in [9.17, 15) is 19.5 Å². The van der Waals surface area contributed by atoms with E-state index in [-0.39, 0.29) is 17.3 Å². The molecule has 1 atom stereocenters. The lowest BCUT2D eigenvalue weighted by Crippen LogP contribution is -2.29. The smallest absolute Gasteiger partial charge is 0.331 e. The van der Waals surface area contributed by atoms with Gasteiger partial charge in [0.2, 0.25) is 0 Å². The Balaban J connectivity index is 1.95. The molecule has 2 rings (SSSR count). The first-order valence-electron chi connectivity index (χ1n) is 8.47. The first-order chi connectivity index (χ1) is 13.3. The predicted octanol–water partition coefficient (Wildman–Crippen LogP) is 3.19. The number of esters is 1. The average molecular weight is 383 g/mol. The summed E-state index contributed by atoms with van der Waals surface area (Å²) in [6.07, 6.45) is 1.62. The van der Waals surface area contributed by atoms with Crippen LogP contribution >= 0.6 is 0 Å². The van der Waals surface area contributed by atoms with Gasteiger partial charge in [0.05, 0.1) is 7.11 Å². The molecular formula is C21H21NO6. The molecule has 1 amide bonds. The summed E-state index contributed by atoms with van der Waals surface area (Å²) in [5, 5.41) is 12.2. The molecular weight excluding hydrogens is 362 g/mol. The zero-order valence-corrected chi connectivity index (χ0v) is 15.8. The highest BCUT2D eigenvalue weighted by molar-refractivity contribution is 5.99. The van der Waals surface area contributed by atoms with E-state index in [1.54, 1.807) is 36.4 Å². The summed E-state index contributed by atoms with van der Waals surface area (Å²) >= 11 is 0. The average Bonchev–Trinajstić information content (AvgIpc) is 2.67. The standard InChI is InChI=1S/C21H21NO6/c1-13(23)16-5-4-6-17(12-16)22-21(26)14(2)28-20(25)10-8-15-7-9-18(24)19(11-15)27-3/h4-12,14,24H,1-3H3,(H,22,26)/b10-8+/t14-/m1/s1. The second-order valence-electron chi connectivity index (χ2n) is 5.97. The maximum Gasteiger partial charge on any atom is 0.331 e. The van der Waals surface area contributed by atoms with Crippen LogP contribution < -0.4 is 10.1 Å². The van der Waals surface area contributed by atoms with Crippen LogP contribution in [0.15, 0.2) is 48.5 Å². The number of phenols is 1. The van der Waals surface area contributed by atoms with Crippen LogP contribution in [0.4, 0.5) is 5.69 Å². The second-order valence-corrected chi connectivity index (χ2v) is 5.97. The molecule has 0 saturated heterocycles. The number of Topliss-reactive ketones (excluding diaryl/α,β-unsaturated/α-hetero) is 1. The molecule has 0 unspecified atom stereocenters. The van der Waals surface area contributed by atoms with Gasteiger partial charge in [-0.05, 0) is 49.8 Å². The van der Waals surface area contributed by atoms with Gasteiger partial charge in [-0.25, -0.2) is 4.79 Å². The number of ketones is 1. The van der Waals surface area contributed by atoms with Crippen LogP contribution in [0.25, 0.3) is 6.08 Å². The molecule has 2 aromatic rings. The normalized spacial score (nSPS) is 11.7. The van der Waals surface area contributed by atoms with Gasteiger partial charge in [0.1, 0.15) is 0 Å². The Bertz CT molecular complexity index is 919. The van der Waals surface area contributed by atoms with Crippen LogP contribution in [-0.4, -0.2) is 36.0 Å². The number of phenolic OH excluding ortho intramolecular Hbond substituents is 1. The third-order valence-corrected chi connectivity index (χ3v) is 3.81. The summed E-state index contributed by atoms with van der Waals surface area (Å²) in [6, 6.07) is 11.1. The van der Waals surface area contributed by atoms with Crippen molar-refractivity contribution in [1.82, 2.24) is 0 Å². The molecule has 0 bridgehead atoms. The molecule has 2 N–H and O–H groups in total. The van der Waals surface area contributed by atoms with Crippen LogP contribution in [0.5, 0.6) is 11.5 Å². The van der Waals surface area contributed by atoms with Crippen molar-refractivity contribution in [2.75, 3.05) is 12.4 Å². The molecule has 0 fully saturated rings. The summed E-state index contributed by atoms with van der Waals surface area (Å²) < 4.78 is 10.1. The monoisotopic (exact) mass is 383 g/mol. The maximum absolute atomic E-state index is 12.2. The number of rotatable bonds is 7. The van der Waals surface area contributed by atoms with Crippen LogP contribution in [0.3, 0.4) is 0 Å². The van der Waals surface area contributed by atoms with Gasteiger partial charge in [-0.3, -0.25) is 9.59 Å². The van der Waals surface area contributed by atoms with Crippen LogP contribution in [0.1, 0.15) is 29.8 Å². The number of nitrogens with one attached hydrogen (secondary N) is 1. The Morgan fingerprint density at radius 1 is 1.14 bits per heavy atom. The lowest BCUT2D eigenvalue weighted by atomic mass is 10.1. The van der Waals surface area contributed by atoms with E-state index in [4.69, 9.17) is 9.47 Å². The van der Waals surface area contributed by atoms with Gasteiger partial charge in [0, 0.05) is 17.3 Å². The number of methoxy groups -OCH3 is 1. The lowest BCUT2D eigenvalue weighted by molar-refractivity contribution is -0.148. The summed E-state index contributed by atoms with van der Waals surface area (Å²) in [5.74, 6) is -1.08. The van der Waals surface area contributed by atoms with Gasteiger partial charge in [0.25, 0.3) is 5.91 Å². The molecule has 0 aromatic heterocycles. The summed E-state index contributed by atoms with van der Waals surface area (Å²) in [5.41, 5.74) is 1.52. The number of carbonyl (C=O) groups excluding carboxylic acids is 3. The summed E-state index contributed by atoms with van der Waals surface area (Å²) in [6.45, 7) is 2.88. The Kier molecular flexibility index (Phi) is 6.92. The van der Waals surface area contributed by atoms with Crippen LogP contribution in [0, 0.1) is 0 Å². The lowest BCUT2D eigenvalue weighted by Gasteiger charge is -2.12. The minimum absolute atomic E-state index is 0.0126. The fraction of sp³-hybridized carbons (Fsp3) is 0.190. The molecule has 2 aromatic carbocycles. The largest absolute Gasteiger partial charge is 0.504 e. The number of benzene rings is 2. The number of hydrogen-bond acceptors (Lipinski definition) is 6. The van der Waals surface area contributed by atoms with E-state index in [1.165, 1.54) is 39.2 Å². The highest BCUT2D eigenvalue weighted by Crippen LogP contribution is 2.26. The van der Waals surface area contributed by atoms with Crippen molar-refractivity contribution in [3.05, 3.63) is 59.7 Å². The van der Waals surface area contributed by atoms with Gasteiger partial charge < -0.3 is 19.9 Å². The summed E-state index contributed by atoms with van der Waals surface area (Å²) in [7, 11) is 1.42. The number of hydrogen-bond donors (Lipinski definition) is 2.